The highest BCUT2D eigenvalue weighted by Crippen LogP contribution is 2.31. The van der Waals surface area contributed by atoms with Crippen molar-refractivity contribution in [3.05, 3.63) is 45.0 Å². The Morgan fingerprint density at radius 1 is 1.10 bits per heavy atom. The predicted octanol–water partition coefficient (Wildman–Crippen LogP) is 3.72. The topological polar surface area (TPSA) is 101 Å². The van der Waals surface area contributed by atoms with E-state index < -0.39 is 17.5 Å². The van der Waals surface area contributed by atoms with E-state index in [1.54, 1.807) is 11.0 Å². The van der Waals surface area contributed by atoms with E-state index in [0.717, 1.165) is 27.7 Å². The number of likely N-dealkylation sites (tertiary alicyclic amines) is 1. The van der Waals surface area contributed by atoms with Crippen molar-refractivity contribution in [3.8, 4) is 0 Å². The average molecular weight is 411 g/mol. The van der Waals surface area contributed by atoms with Crippen LogP contribution in [0, 0.1) is 26.7 Å². The second kappa shape index (κ2) is 7.63. The number of carbonyl (C=O) groups excluding carboxylic acids is 1. The zero-order chi connectivity index (χ0) is 21.6. The van der Waals surface area contributed by atoms with Crippen LogP contribution < -0.4 is 5.63 Å². The van der Waals surface area contributed by atoms with Gasteiger partial charge in [-0.1, -0.05) is 0 Å². The summed E-state index contributed by atoms with van der Waals surface area (Å²) >= 11 is 0. The van der Waals surface area contributed by atoms with Crippen molar-refractivity contribution in [3.63, 3.8) is 0 Å². The van der Waals surface area contributed by atoms with E-state index in [0.29, 0.717) is 36.1 Å². The van der Waals surface area contributed by atoms with Crippen molar-refractivity contribution in [2.24, 2.45) is 5.92 Å². The lowest BCUT2D eigenvalue weighted by atomic mass is 9.97. The van der Waals surface area contributed by atoms with Crippen LogP contribution in [0.1, 0.15) is 41.7 Å². The van der Waals surface area contributed by atoms with Gasteiger partial charge in [-0.3, -0.25) is 9.59 Å². The van der Waals surface area contributed by atoms with Crippen molar-refractivity contribution in [2.45, 2.75) is 46.5 Å². The number of benzene rings is 1. The smallest absolute Gasteiger partial charge is 0.339 e. The van der Waals surface area contributed by atoms with Gasteiger partial charge in [-0.05, 0) is 57.2 Å². The lowest BCUT2D eigenvalue weighted by molar-refractivity contribution is -0.145. The van der Waals surface area contributed by atoms with E-state index >= 15 is 0 Å². The van der Waals surface area contributed by atoms with Crippen molar-refractivity contribution in [1.82, 2.24) is 4.90 Å². The molecule has 1 N–H and O–H groups in total. The number of amides is 1. The monoisotopic (exact) mass is 411 g/mol. The van der Waals surface area contributed by atoms with Crippen LogP contribution in [0.4, 0.5) is 0 Å². The Morgan fingerprint density at radius 2 is 1.80 bits per heavy atom. The molecule has 1 amide bonds. The van der Waals surface area contributed by atoms with Crippen molar-refractivity contribution < 1.29 is 23.5 Å². The molecule has 158 valence electrons. The molecular weight excluding hydrogens is 386 g/mol. The zero-order valence-electron chi connectivity index (χ0n) is 17.4. The number of carbonyl (C=O) groups is 2. The molecule has 0 unspecified atom stereocenters. The maximum absolute atomic E-state index is 12.6. The van der Waals surface area contributed by atoms with Crippen LogP contribution >= 0.6 is 0 Å². The summed E-state index contributed by atoms with van der Waals surface area (Å²) in [5.41, 5.74) is 3.04. The Kier molecular flexibility index (Phi) is 5.13. The number of fused-ring (bicyclic) bond motifs is 2. The first-order valence-electron chi connectivity index (χ1n) is 10.2. The van der Waals surface area contributed by atoms with Crippen molar-refractivity contribution in [1.29, 1.82) is 0 Å². The Morgan fingerprint density at radius 3 is 2.53 bits per heavy atom. The molecule has 7 nitrogen and oxygen atoms in total. The Balaban J connectivity index is 1.60. The second-order valence-corrected chi connectivity index (χ2v) is 8.14. The molecule has 0 bridgehead atoms. The minimum absolute atomic E-state index is 0.128. The fraction of sp³-hybridized carbons (Fsp3) is 0.435. The number of carboxylic acids is 1. The van der Waals surface area contributed by atoms with Crippen molar-refractivity contribution in [2.75, 3.05) is 13.1 Å². The minimum atomic E-state index is -0.866. The van der Waals surface area contributed by atoms with Gasteiger partial charge >= 0.3 is 11.6 Å². The molecule has 4 rings (SSSR count). The molecule has 1 atom stereocenters. The molecule has 2 aromatic heterocycles. The van der Waals surface area contributed by atoms with Crippen LogP contribution in [0.25, 0.3) is 21.9 Å². The van der Waals surface area contributed by atoms with Crippen LogP contribution in [0.15, 0.2) is 25.8 Å². The van der Waals surface area contributed by atoms with Gasteiger partial charge in [-0.2, -0.15) is 0 Å². The first-order chi connectivity index (χ1) is 14.3. The average Bonchev–Trinajstić information content (AvgIpc) is 2.99. The Hall–Kier alpha value is -3.09. The molecule has 0 radical (unpaired) electrons. The van der Waals surface area contributed by atoms with Crippen LogP contribution in [0.2, 0.25) is 0 Å². The Bertz CT molecular complexity index is 1220. The lowest BCUT2D eigenvalue weighted by Crippen LogP contribution is -2.42. The molecule has 1 saturated heterocycles. The first kappa shape index (κ1) is 20.2. The lowest BCUT2D eigenvalue weighted by Gasteiger charge is -2.30. The summed E-state index contributed by atoms with van der Waals surface area (Å²) in [4.78, 5) is 38.1. The van der Waals surface area contributed by atoms with Crippen LogP contribution in [-0.2, 0) is 16.0 Å². The zero-order valence-corrected chi connectivity index (χ0v) is 17.4. The fourth-order valence-electron chi connectivity index (χ4n) is 4.31. The highest BCUT2D eigenvalue weighted by molar-refractivity contribution is 5.96. The largest absolute Gasteiger partial charge is 0.481 e. The van der Waals surface area contributed by atoms with Crippen LogP contribution in [-0.4, -0.2) is 35.0 Å². The maximum atomic E-state index is 12.6. The maximum Gasteiger partial charge on any atom is 0.339 e. The summed E-state index contributed by atoms with van der Waals surface area (Å²) in [5.74, 6) is -0.683. The molecule has 0 aliphatic carbocycles. The summed E-state index contributed by atoms with van der Waals surface area (Å²) in [7, 11) is 0. The van der Waals surface area contributed by atoms with E-state index in [9.17, 15) is 19.5 Å². The number of hydrogen-bond donors (Lipinski definition) is 1. The van der Waals surface area contributed by atoms with Gasteiger partial charge in [-0.25, -0.2) is 4.79 Å². The summed E-state index contributed by atoms with van der Waals surface area (Å²) < 4.78 is 11.3. The van der Waals surface area contributed by atoms with Gasteiger partial charge in [0, 0.05) is 41.9 Å². The van der Waals surface area contributed by atoms with Gasteiger partial charge in [0.15, 0.2) is 0 Å². The number of nitrogens with zero attached hydrogens (tertiary/aromatic N) is 1. The minimum Gasteiger partial charge on any atom is -0.481 e. The predicted molar refractivity (Wildman–Crippen MR) is 112 cm³/mol. The normalized spacial score (nSPS) is 17.0. The molecule has 30 heavy (non-hydrogen) atoms. The highest BCUT2D eigenvalue weighted by atomic mass is 16.4. The first-order valence-corrected chi connectivity index (χ1v) is 10.2. The number of aryl methyl sites for hydroxylation is 3. The third-order valence-electron chi connectivity index (χ3n) is 6.29. The van der Waals surface area contributed by atoms with Gasteiger partial charge in [0.1, 0.15) is 16.9 Å². The summed E-state index contributed by atoms with van der Waals surface area (Å²) in [6, 6.07) is 3.72. The molecule has 0 spiro atoms. The number of hydrogen-bond acceptors (Lipinski definition) is 5. The standard InChI is InChI=1S/C23H25NO6/c1-12-14(3)29-19-10-20-18(9-17(12)19)13(2)16(23(28)30-20)6-7-21(25)24-8-4-5-15(11-24)22(26)27/h9-10,15H,4-8,11H2,1-3H3,(H,26,27)/t15-/m0/s1. The SMILES string of the molecule is Cc1oc2cc3oc(=O)c(CCC(=O)N4CCC[C@H](C(=O)O)C4)c(C)c3cc2c1C. The molecule has 0 saturated carbocycles. The molecule has 3 aromatic rings. The van der Waals surface area contributed by atoms with Crippen LogP contribution in [0.5, 0.6) is 0 Å². The number of carboxylic acid groups (broad SMARTS) is 1. The van der Waals surface area contributed by atoms with Gasteiger partial charge in [0.25, 0.3) is 0 Å². The summed E-state index contributed by atoms with van der Waals surface area (Å²) in [5, 5.41) is 11.0. The van der Waals surface area contributed by atoms with E-state index in [1.165, 1.54) is 0 Å². The molecule has 3 heterocycles. The van der Waals surface area contributed by atoms with Gasteiger partial charge in [0.05, 0.1) is 5.92 Å². The summed E-state index contributed by atoms with van der Waals surface area (Å²) in [6.07, 6.45) is 1.68. The Labute approximate surface area is 173 Å². The van der Waals surface area contributed by atoms with E-state index in [2.05, 4.69) is 0 Å². The van der Waals surface area contributed by atoms with E-state index in [-0.39, 0.29) is 25.3 Å². The molecule has 7 heteroatoms. The molecular formula is C23H25NO6. The molecule has 1 aliphatic rings. The third-order valence-corrected chi connectivity index (χ3v) is 6.29. The molecule has 1 aliphatic heterocycles. The molecule has 1 fully saturated rings. The summed E-state index contributed by atoms with van der Waals surface area (Å²) in [6.45, 7) is 6.55. The van der Waals surface area contributed by atoms with Crippen LogP contribution in [0.3, 0.4) is 0 Å². The fourth-order valence-corrected chi connectivity index (χ4v) is 4.31. The number of rotatable bonds is 4. The van der Waals surface area contributed by atoms with Crippen molar-refractivity contribution >= 4 is 33.8 Å². The van der Waals surface area contributed by atoms with Gasteiger partial charge < -0.3 is 18.8 Å². The molecule has 1 aromatic carbocycles. The van der Waals surface area contributed by atoms with Gasteiger partial charge in [-0.15, -0.1) is 0 Å². The highest BCUT2D eigenvalue weighted by Gasteiger charge is 2.28. The number of aliphatic carboxylic acids is 1. The van der Waals surface area contributed by atoms with E-state index in [4.69, 9.17) is 8.83 Å². The quantitative estimate of drug-likeness (QED) is 0.657. The van der Waals surface area contributed by atoms with E-state index in [1.807, 2.05) is 26.8 Å². The number of piperidine rings is 1. The second-order valence-electron chi connectivity index (χ2n) is 8.14. The number of furan rings is 1. The van der Waals surface area contributed by atoms with Gasteiger partial charge in [0.2, 0.25) is 5.91 Å². The third kappa shape index (κ3) is 3.49.